The van der Waals surface area contributed by atoms with Crippen molar-refractivity contribution < 1.29 is 14.6 Å². The van der Waals surface area contributed by atoms with E-state index in [2.05, 4.69) is 10.3 Å². The number of nitrogens with one attached hydrogen (secondary N) is 1. The van der Waals surface area contributed by atoms with Gasteiger partial charge in [0.1, 0.15) is 5.56 Å². The molecular formula is C14H20N2O3. The standard InChI is InChI=1S/C14H20N2O3/c1-9-7-12(13(14(17)18)10(2)16-9)15-8-11-3-5-19-6-4-11/h7,11H,3-6,8H2,1-2H3,(H,15,16)(H,17,18). The van der Waals surface area contributed by atoms with Gasteiger partial charge in [-0.1, -0.05) is 0 Å². The lowest BCUT2D eigenvalue weighted by atomic mass is 10.00. The second kappa shape index (κ2) is 6.02. The Morgan fingerprint density at radius 2 is 2.16 bits per heavy atom. The van der Waals surface area contributed by atoms with Crippen LogP contribution >= 0.6 is 0 Å². The summed E-state index contributed by atoms with van der Waals surface area (Å²) < 4.78 is 5.32. The SMILES string of the molecule is Cc1cc(NCC2CCOCC2)c(C(=O)O)c(C)n1. The highest BCUT2D eigenvalue weighted by Crippen LogP contribution is 2.22. The zero-order chi connectivity index (χ0) is 13.8. The highest BCUT2D eigenvalue weighted by atomic mass is 16.5. The molecule has 5 nitrogen and oxygen atoms in total. The topological polar surface area (TPSA) is 71.5 Å². The van der Waals surface area contributed by atoms with E-state index in [-0.39, 0.29) is 5.56 Å². The van der Waals surface area contributed by atoms with Crippen molar-refractivity contribution in [3.63, 3.8) is 0 Å². The zero-order valence-corrected chi connectivity index (χ0v) is 11.4. The molecule has 5 heteroatoms. The van der Waals surface area contributed by atoms with Gasteiger partial charge in [0.25, 0.3) is 0 Å². The number of carboxylic acids is 1. The lowest BCUT2D eigenvalue weighted by molar-refractivity contribution is 0.0688. The first kappa shape index (κ1) is 13.8. The van der Waals surface area contributed by atoms with Crippen LogP contribution in [-0.2, 0) is 4.74 Å². The molecule has 1 aromatic heterocycles. The molecule has 2 N–H and O–H groups in total. The smallest absolute Gasteiger partial charge is 0.339 e. The Morgan fingerprint density at radius 3 is 2.79 bits per heavy atom. The zero-order valence-electron chi connectivity index (χ0n) is 11.4. The van der Waals surface area contributed by atoms with Gasteiger partial charge < -0.3 is 15.2 Å². The van der Waals surface area contributed by atoms with E-state index in [1.165, 1.54) is 0 Å². The maximum absolute atomic E-state index is 11.3. The van der Waals surface area contributed by atoms with E-state index >= 15 is 0 Å². The van der Waals surface area contributed by atoms with E-state index in [1.807, 2.05) is 6.92 Å². The Morgan fingerprint density at radius 1 is 1.47 bits per heavy atom. The number of aromatic nitrogens is 1. The third-order valence-corrected chi connectivity index (χ3v) is 3.46. The molecule has 1 aliphatic heterocycles. The van der Waals surface area contributed by atoms with Crippen LogP contribution in [0.5, 0.6) is 0 Å². The predicted octanol–water partition coefficient (Wildman–Crippen LogP) is 2.24. The maximum atomic E-state index is 11.3. The van der Waals surface area contributed by atoms with Crippen LogP contribution in [0.25, 0.3) is 0 Å². The molecule has 104 valence electrons. The van der Waals surface area contributed by atoms with E-state index in [1.54, 1.807) is 13.0 Å². The molecule has 0 aromatic carbocycles. The summed E-state index contributed by atoms with van der Waals surface area (Å²) in [6.45, 7) is 5.99. The van der Waals surface area contributed by atoms with Crippen molar-refractivity contribution >= 4 is 11.7 Å². The highest BCUT2D eigenvalue weighted by Gasteiger charge is 2.18. The van der Waals surface area contributed by atoms with Crippen LogP contribution in [0.15, 0.2) is 6.07 Å². The number of carboxylic acid groups (broad SMARTS) is 1. The van der Waals surface area contributed by atoms with Gasteiger partial charge >= 0.3 is 5.97 Å². The summed E-state index contributed by atoms with van der Waals surface area (Å²) in [7, 11) is 0. The largest absolute Gasteiger partial charge is 0.478 e. The van der Waals surface area contributed by atoms with Crippen LogP contribution in [0.3, 0.4) is 0 Å². The monoisotopic (exact) mass is 264 g/mol. The minimum absolute atomic E-state index is 0.276. The molecule has 0 bridgehead atoms. The fourth-order valence-electron chi connectivity index (χ4n) is 2.44. The van der Waals surface area contributed by atoms with Crippen molar-refractivity contribution in [2.24, 2.45) is 5.92 Å². The molecule has 0 amide bonds. The summed E-state index contributed by atoms with van der Waals surface area (Å²) in [5.41, 5.74) is 2.33. The molecule has 1 saturated heterocycles. The van der Waals surface area contributed by atoms with Gasteiger partial charge in [-0.3, -0.25) is 4.98 Å². The maximum Gasteiger partial charge on any atom is 0.339 e. The van der Waals surface area contributed by atoms with E-state index in [9.17, 15) is 9.90 Å². The fourth-order valence-corrected chi connectivity index (χ4v) is 2.44. The number of ether oxygens (including phenoxy) is 1. The number of hydrogen-bond donors (Lipinski definition) is 2. The third kappa shape index (κ3) is 3.44. The summed E-state index contributed by atoms with van der Waals surface area (Å²) >= 11 is 0. The molecule has 0 radical (unpaired) electrons. The Balaban J connectivity index is 2.12. The normalized spacial score (nSPS) is 16.3. The van der Waals surface area contributed by atoms with Gasteiger partial charge in [0.2, 0.25) is 0 Å². The first-order valence-electron chi connectivity index (χ1n) is 6.61. The number of nitrogens with zero attached hydrogens (tertiary/aromatic N) is 1. The first-order chi connectivity index (χ1) is 9.08. The van der Waals surface area contributed by atoms with Crippen molar-refractivity contribution in [3.05, 3.63) is 23.0 Å². The van der Waals surface area contributed by atoms with Gasteiger partial charge in [-0.2, -0.15) is 0 Å². The molecule has 0 aliphatic carbocycles. The number of hydrogen-bond acceptors (Lipinski definition) is 4. The van der Waals surface area contributed by atoms with Crippen molar-refractivity contribution in [1.82, 2.24) is 4.98 Å². The molecule has 0 unspecified atom stereocenters. The molecule has 1 fully saturated rings. The lowest BCUT2D eigenvalue weighted by Gasteiger charge is -2.23. The molecular weight excluding hydrogens is 244 g/mol. The summed E-state index contributed by atoms with van der Waals surface area (Å²) in [5.74, 6) is -0.386. The number of rotatable bonds is 4. The molecule has 1 aliphatic rings. The molecule has 1 aromatic rings. The fraction of sp³-hybridized carbons (Fsp3) is 0.571. The van der Waals surface area contributed by atoms with Crippen LogP contribution in [0.2, 0.25) is 0 Å². The Kier molecular flexibility index (Phi) is 4.37. The number of pyridine rings is 1. The predicted molar refractivity (Wildman–Crippen MR) is 72.7 cm³/mol. The van der Waals surface area contributed by atoms with Crippen LogP contribution in [0, 0.1) is 19.8 Å². The van der Waals surface area contributed by atoms with E-state index in [0.717, 1.165) is 38.3 Å². The summed E-state index contributed by atoms with van der Waals surface area (Å²) in [6.07, 6.45) is 2.05. The minimum Gasteiger partial charge on any atom is -0.478 e. The molecule has 19 heavy (non-hydrogen) atoms. The van der Waals surface area contributed by atoms with Crippen LogP contribution < -0.4 is 5.32 Å². The first-order valence-corrected chi connectivity index (χ1v) is 6.61. The van der Waals surface area contributed by atoms with Gasteiger partial charge in [0.05, 0.1) is 11.4 Å². The van der Waals surface area contributed by atoms with E-state index in [0.29, 0.717) is 17.3 Å². The average Bonchev–Trinajstić information content (AvgIpc) is 2.36. The molecule has 0 saturated carbocycles. The highest BCUT2D eigenvalue weighted by molar-refractivity contribution is 5.95. The number of aromatic carboxylic acids is 1. The Hall–Kier alpha value is -1.62. The van der Waals surface area contributed by atoms with Crippen molar-refractivity contribution in [1.29, 1.82) is 0 Å². The quantitative estimate of drug-likeness (QED) is 0.872. The van der Waals surface area contributed by atoms with E-state index in [4.69, 9.17) is 4.74 Å². The Labute approximate surface area is 113 Å². The van der Waals surface area contributed by atoms with Crippen molar-refractivity contribution in [2.45, 2.75) is 26.7 Å². The lowest BCUT2D eigenvalue weighted by Crippen LogP contribution is -2.23. The average molecular weight is 264 g/mol. The molecule has 2 heterocycles. The van der Waals surface area contributed by atoms with Crippen LogP contribution in [-0.4, -0.2) is 35.8 Å². The minimum atomic E-state index is -0.931. The molecule has 0 atom stereocenters. The van der Waals surface area contributed by atoms with Gasteiger partial charge in [-0.25, -0.2) is 4.79 Å². The van der Waals surface area contributed by atoms with Crippen molar-refractivity contribution in [3.8, 4) is 0 Å². The Bertz CT molecular complexity index is 468. The van der Waals surface area contributed by atoms with Crippen LogP contribution in [0.1, 0.15) is 34.6 Å². The number of aryl methyl sites for hydroxylation is 2. The third-order valence-electron chi connectivity index (χ3n) is 3.46. The summed E-state index contributed by atoms with van der Waals surface area (Å²) in [6, 6.07) is 1.80. The molecule has 2 rings (SSSR count). The van der Waals surface area contributed by atoms with E-state index < -0.39 is 5.97 Å². The van der Waals surface area contributed by atoms with Gasteiger partial charge in [0, 0.05) is 25.5 Å². The van der Waals surface area contributed by atoms with Crippen molar-refractivity contribution in [2.75, 3.05) is 25.1 Å². The second-order valence-corrected chi connectivity index (χ2v) is 5.01. The van der Waals surface area contributed by atoms with Gasteiger partial charge in [-0.05, 0) is 38.7 Å². The summed E-state index contributed by atoms with van der Waals surface area (Å²) in [4.78, 5) is 15.5. The van der Waals surface area contributed by atoms with Crippen LogP contribution in [0.4, 0.5) is 5.69 Å². The van der Waals surface area contributed by atoms with Gasteiger partial charge in [-0.15, -0.1) is 0 Å². The number of anilines is 1. The van der Waals surface area contributed by atoms with Gasteiger partial charge in [0.15, 0.2) is 0 Å². The summed E-state index contributed by atoms with van der Waals surface area (Å²) in [5, 5.41) is 12.5. The second-order valence-electron chi connectivity index (χ2n) is 5.01. The molecule has 0 spiro atoms. The number of carbonyl (C=O) groups is 1.